The van der Waals surface area contributed by atoms with Crippen LogP contribution in [-0.4, -0.2) is 29.6 Å². The summed E-state index contributed by atoms with van der Waals surface area (Å²) in [5.74, 6) is -0.333. The van der Waals surface area contributed by atoms with Crippen LogP contribution in [0.25, 0.3) is 0 Å². The van der Waals surface area contributed by atoms with E-state index in [1.807, 2.05) is 19.9 Å². The summed E-state index contributed by atoms with van der Waals surface area (Å²) < 4.78 is 11.1. The molecule has 1 saturated heterocycles. The first-order chi connectivity index (χ1) is 10.0. The van der Waals surface area contributed by atoms with Gasteiger partial charge in [0.25, 0.3) is 0 Å². The average Bonchev–Trinajstić information content (AvgIpc) is 2.51. The van der Waals surface area contributed by atoms with Gasteiger partial charge in [-0.2, -0.15) is 0 Å². The maximum atomic E-state index is 12.1. The molecule has 2 rings (SSSR count). The van der Waals surface area contributed by atoms with Gasteiger partial charge >= 0.3 is 5.97 Å². The molecule has 5 atom stereocenters. The highest BCUT2D eigenvalue weighted by molar-refractivity contribution is 5.89. The molecule has 4 nitrogen and oxygen atoms in total. The van der Waals surface area contributed by atoms with E-state index in [2.05, 4.69) is 6.58 Å². The maximum Gasteiger partial charge on any atom is 0.340 e. The molecule has 4 heteroatoms. The van der Waals surface area contributed by atoms with Gasteiger partial charge in [-0.3, -0.25) is 0 Å². The van der Waals surface area contributed by atoms with Crippen molar-refractivity contribution in [3.63, 3.8) is 0 Å². The smallest absolute Gasteiger partial charge is 0.340 e. The molecule has 0 aromatic heterocycles. The van der Waals surface area contributed by atoms with E-state index >= 15 is 0 Å². The second-order valence-electron chi connectivity index (χ2n) is 5.55. The fourth-order valence-corrected chi connectivity index (χ4v) is 2.55. The summed E-state index contributed by atoms with van der Waals surface area (Å²) in [4.78, 5) is 12.1. The Hall–Kier alpha value is -1.65. The minimum Gasteiger partial charge on any atom is -0.429 e. The third kappa shape index (κ3) is 3.52. The summed E-state index contributed by atoms with van der Waals surface area (Å²) in [6.45, 7) is 7.68. The molecule has 1 aromatic carbocycles. The highest BCUT2D eigenvalue weighted by atomic mass is 16.7. The Morgan fingerprint density at radius 1 is 1.33 bits per heavy atom. The lowest BCUT2D eigenvalue weighted by molar-refractivity contribution is -0.248. The number of aliphatic hydroxyl groups is 1. The van der Waals surface area contributed by atoms with Crippen LogP contribution in [0.3, 0.4) is 0 Å². The predicted molar refractivity (Wildman–Crippen MR) is 79.7 cm³/mol. The van der Waals surface area contributed by atoms with Crippen molar-refractivity contribution in [1.29, 1.82) is 0 Å². The first-order valence-electron chi connectivity index (χ1n) is 7.25. The highest BCUT2D eigenvalue weighted by Gasteiger charge is 2.42. The Balaban J connectivity index is 2.07. The molecule has 1 fully saturated rings. The lowest BCUT2D eigenvalue weighted by Crippen LogP contribution is -2.50. The molecule has 1 heterocycles. The third-order valence-electron chi connectivity index (χ3n) is 4.17. The summed E-state index contributed by atoms with van der Waals surface area (Å²) in [5, 5.41) is 10.3. The maximum absolute atomic E-state index is 12.1. The quantitative estimate of drug-likeness (QED) is 0.684. The van der Waals surface area contributed by atoms with Crippen LogP contribution in [0.2, 0.25) is 0 Å². The lowest BCUT2D eigenvalue weighted by Gasteiger charge is -2.41. The summed E-state index contributed by atoms with van der Waals surface area (Å²) in [5.41, 5.74) is 0.444. The number of carbonyl (C=O) groups is 1. The predicted octanol–water partition coefficient (Wildman–Crippen LogP) is 2.78. The number of carbonyl (C=O) groups excluding carboxylic acids is 1. The van der Waals surface area contributed by atoms with E-state index in [9.17, 15) is 9.90 Å². The Morgan fingerprint density at radius 3 is 2.62 bits per heavy atom. The van der Waals surface area contributed by atoms with Gasteiger partial charge in [-0.05, 0) is 30.4 Å². The number of esters is 1. The first-order valence-corrected chi connectivity index (χ1v) is 7.25. The Morgan fingerprint density at radius 2 is 2.00 bits per heavy atom. The molecule has 114 valence electrons. The van der Waals surface area contributed by atoms with E-state index in [-0.39, 0.29) is 17.9 Å². The van der Waals surface area contributed by atoms with Crippen LogP contribution < -0.4 is 0 Å². The van der Waals surface area contributed by atoms with Crippen LogP contribution in [0, 0.1) is 11.8 Å². The number of hydrogen-bond acceptors (Lipinski definition) is 4. The minimum atomic E-state index is -0.936. The molecule has 0 aliphatic carbocycles. The van der Waals surface area contributed by atoms with Crippen LogP contribution in [0.1, 0.15) is 30.6 Å². The molecular formula is C17H22O4. The van der Waals surface area contributed by atoms with Crippen molar-refractivity contribution in [1.82, 2.24) is 0 Å². The summed E-state index contributed by atoms with van der Waals surface area (Å²) in [6.07, 6.45) is 0.580. The molecule has 0 amide bonds. The van der Waals surface area contributed by atoms with Crippen molar-refractivity contribution >= 4 is 5.97 Å². The van der Waals surface area contributed by atoms with E-state index < -0.39 is 18.4 Å². The SMILES string of the molecule is C=CC[C@@H]1OC(OC(=O)c2ccccc2)[C@H](O)[C@H](C)[C@H]1C. The highest BCUT2D eigenvalue weighted by Crippen LogP contribution is 2.33. The summed E-state index contributed by atoms with van der Waals surface area (Å²) in [7, 11) is 0. The van der Waals surface area contributed by atoms with Gasteiger partial charge in [0.1, 0.15) is 6.10 Å². The van der Waals surface area contributed by atoms with Crippen molar-refractivity contribution in [2.24, 2.45) is 11.8 Å². The molecule has 1 aliphatic rings. The second-order valence-corrected chi connectivity index (χ2v) is 5.55. The van der Waals surface area contributed by atoms with Crippen molar-refractivity contribution in [3.8, 4) is 0 Å². The fourth-order valence-electron chi connectivity index (χ4n) is 2.55. The molecule has 0 spiro atoms. The summed E-state index contributed by atoms with van der Waals surface area (Å²) in [6, 6.07) is 8.70. The monoisotopic (exact) mass is 290 g/mol. The molecular weight excluding hydrogens is 268 g/mol. The van der Waals surface area contributed by atoms with Crippen LogP contribution in [0.4, 0.5) is 0 Å². The molecule has 1 unspecified atom stereocenters. The van der Waals surface area contributed by atoms with E-state index in [1.54, 1.807) is 30.3 Å². The van der Waals surface area contributed by atoms with Gasteiger partial charge in [-0.25, -0.2) is 4.79 Å². The van der Waals surface area contributed by atoms with Gasteiger partial charge in [0.05, 0.1) is 11.7 Å². The molecule has 1 aromatic rings. The van der Waals surface area contributed by atoms with Crippen molar-refractivity contribution in [3.05, 3.63) is 48.6 Å². The van der Waals surface area contributed by atoms with Crippen LogP contribution in [0.5, 0.6) is 0 Å². The summed E-state index contributed by atoms with van der Waals surface area (Å²) >= 11 is 0. The largest absolute Gasteiger partial charge is 0.429 e. The number of hydrogen-bond donors (Lipinski definition) is 1. The van der Waals surface area contributed by atoms with E-state index in [4.69, 9.17) is 9.47 Å². The third-order valence-corrected chi connectivity index (χ3v) is 4.17. The molecule has 21 heavy (non-hydrogen) atoms. The number of benzene rings is 1. The normalized spacial score (nSPS) is 32.4. The number of rotatable bonds is 4. The lowest BCUT2D eigenvalue weighted by atomic mass is 9.82. The van der Waals surface area contributed by atoms with Gasteiger partial charge in [-0.15, -0.1) is 6.58 Å². The van der Waals surface area contributed by atoms with Gasteiger partial charge in [0.15, 0.2) is 0 Å². The average molecular weight is 290 g/mol. The van der Waals surface area contributed by atoms with Crippen molar-refractivity contribution in [2.75, 3.05) is 0 Å². The molecule has 0 saturated carbocycles. The zero-order valence-corrected chi connectivity index (χ0v) is 12.4. The van der Waals surface area contributed by atoms with Gasteiger partial charge in [0.2, 0.25) is 6.29 Å². The minimum absolute atomic E-state index is 0.0164. The van der Waals surface area contributed by atoms with Crippen LogP contribution >= 0.6 is 0 Å². The topological polar surface area (TPSA) is 55.8 Å². The van der Waals surface area contributed by atoms with Crippen molar-refractivity contribution < 1.29 is 19.4 Å². The Kier molecular flexibility index (Phi) is 5.15. The standard InChI is InChI=1S/C17H22O4/c1-4-8-14-11(2)12(3)15(18)17(20-14)21-16(19)13-9-6-5-7-10-13/h4-7,9-12,14-15,17-18H,1,8H2,2-3H3/t11-,12-,14+,15-,17?/m1/s1. The van der Waals surface area contributed by atoms with Gasteiger partial charge in [0, 0.05) is 0 Å². The van der Waals surface area contributed by atoms with Gasteiger partial charge < -0.3 is 14.6 Å². The molecule has 0 bridgehead atoms. The van der Waals surface area contributed by atoms with E-state index in [0.29, 0.717) is 12.0 Å². The van der Waals surface area contributed by atoms with Crippen LogP contribution in [0.15, 0.2) is 43.0 Å². The van der Waals surface area contributed by atoms with Crippen molar-refractivity contribution in [2.45, 2.75) is 38.8 Å². The second kappa shape index (κ2) is 6.87. The molecule has 1 N–H and O–H groups in total. The zero-order valence-electron chi connectivity index (χ0n) is 12.4. The first kappa shape index (κ1) is 15.7. The Labute approximate surface area is 125 Å². The molecule has 1 aliphatic heterocycles. The fraction of sp³-hybridized carbons (Fsp3) is 0.471. The van der Waals surface area contributed by atoms with Crippen LogP contribution in [-0.2, 0) is 9.47 Å². The number of aliphatic hydroxyl groups excluding tert-OH is 1. The Bertz CT molecular complexity index is 485. The zero-order chi connectivity index (χ0) is 15.4. The number of ether oxygens (including phenoxy) is 2. The van der Waals surface area contributed by atoms with E-state index in [1.165, 1.54) is 0 Å². The van der Waals surface area contributed by atoms with E-state index in [0.717, 1.165) is 0 Å². The molecule has 0 radical (unpaired) electrons. The van der Waals surface area contributed by atoms with Gasteiger partial charge in [-0.1, -0.05) is 38.1 Å².